The van der Waals surface area contributed by atoms with Gasteiger partial charge in [0.25, 0.3) is 0 Å². The zero-order valence-electron chi connectivity index (χ0n) is 14.7. The summed E-state index contributed by atoms with van der Waals surface area (Å²) < 4.78 is 40.6. The van der Waals surface area contributed by atoms with E-state index < -0.39 is 27.9 Å². The molecule has 0 saturated carbocycles. The number of carbonyl (C=O) groups excluding carboxylic acids is 1. The molecule has 0 bridgehead atoms. The molecule has 0 aliphatic heterocycles. The summed E-state index contributed by atoms with van der Waals surface area (Å²) in [5.74, 6) is -0.474. The van der Waals surface area contributed by atoms with E-state index in [0.29, 0.717) is 9.90 Å². The third-order valence-electron chi connectivity index (χ3n) is 3.66. The van der Waals surface area contributed by atoms with E-state index in [1.807, 2.05) is 12.3 Å². The van der Waals surface area contributed by atoms with Gasteiger partial charge in [0.05, 0.1) is 10.6 Å². The summed E-state index contributed by atoms with van der Waals surface area (Å²) in [5, 5.41) is 9.48. The summed E-state index contributed by atoms with van der Waals surface area (Å²) in [7, 11) is 0. The summed E-state index contributed by atoms with van der Waals surface area (Å²) in [6.45, 7) is 0. The lowest BCUT2D eigenvalue weighted by Crippen LogP contribution is -2.19. The smallest absolute Gasteiger partial charge is 0.325 e. The molecule has 2 aromatic carbocycles. The van der Waals surface area contributed by atoms with Crippen molar-refractivity contribution >= 4 is 58.1 Å². The minimum Gasteiger partial charge on any atom is -0.325 e. The van der Waals surface area contributed by atoms with Crippen molar-refractivity contribution in [2.45, 2.75) is 20.1 Å². The van der Waals surface area contributed by atoms with E-state index in [1.54, 1.807) is 24.3 Å². The summed E-state index contributed by atoms with van der Waals surface area (Å²) in [6, 6.07) is 12.2. The van der Waals surface area contributed by atoms with E-state index in [9.17, 15) is 18.0 Å². The Kier molecular flexibility index (Phi) is 7.10. The van der Waals surface area contributed by atoms with E-state index in [4.69, 9.17) is 11.6 Å². The average Bonchev–Trinajstić information content (AvgIpc) is 3.15. The molecule has 152 valence electrons. The number of alkyl halides is 3. The van der Waals surface area contributed by atoms with Crippen LogP contribution in [0.4, 0.5) is 18.9 Å². The van der Waals surface area contributed by atoms with E-state index >= 15 is 0 Å². The number of halogens is 4. The van der Waals surface area contributed by atoms with Crippen LogP contribution < -0.4 is 5.32 Å². The molecule has 0 saturated heterocycles. The molecule has 4 nitrogen and oxygen atoms in total. The Morgan fingerprint density at radius 1 is 1.14 bits per heavy atom. The summed E-state index contributed by atoms with van der Waals surface area (Å²) in [4.78, 5) is 12.9. The van der Waals surface area contributed by atoms with Crippen LogP contribution in [0, 0.1) is 0 Å². The van der Waals surface area contributed by atoms with Crippen molar-refractivity contribution in [2.24, 2.45) is 0 Å². The number of nitrogens with one attached hydrogen (secondary N) is 1. The summed E-state index contributed by atoms with van der Waals surface area (Å²) in [5.41, 5.74) is -0.300. The highest BCUT2D eigenvalue weighted by molar-refractivity contribution is 8.03. The molecular weight excluding hydrogens is 463 g/mol. The number of thioether (sulfide) groups is 2. The first-order valence-electron chi connectivity index (χ1n) is 8.04. The van der Waals surface area contributed by atoms with E-state index in [1.165, 1.54) is 40.9 Å². The second kappa shape index (κ2) is 9.38. The molecule has 1 N–H and O–H groups in total. The lowest BCUT2D eigenvalue weighted by Gasteiger charge is -2.17. The SMILES string of the molecule is CSc1nnc(S[C@@H](C(=O)Nc2ccc(Cl)c(C(F)(F)F)c2)c2ccccc2)s1. The topological polar surface area (TPSA) is 54.9 Å². The maximum atomic E-state index is 13.1. The average molecular weight is 476 g/mol. The molecule has 3 rings (SSSR count). The molecule has 0 spiro atoms. The van der Waals surface area contributed by atoms with Gasteiger partial charge in [0.15, 0.2) is 8.68 Å². The highest BCUT2D eigenvalue weighted by atomic mass is 35.5. The number of nitrogens with zero attached hydrogens (tertiary/aromatic N) is 2. The highest BCUT2D eigenvalue weighted by Crippen LogP contribution is 2.40. The Morgan fingerprint density at radius 2 is 1.83 bits per heavy atom. The Bertz CT molecular complexity index is 999. The van der Waals surface area contributed by atoms with Gasteiger partial charge < -0.3 is 5.32 Å². The largest absolute Gasteiger partial charge is 0.417 e. The van der Waals surface area contributed by atoms with E-state index in [2.05, 4.69) is 15.5 Å². The molecule has 3 aromatic rings. The van der Waals surface area contributed by atoms with Crippen molar-refractivity contribution in [3.8, 4) is 0 Å². The number of amides is 1. The maximum Gasteiger partial charge on any atom is 0.417 e. The van der Waals surface area contributed by atoms with Crippen molar-refractivity contribution in [1.29, 1.82) is 0 Å². The minimum atomic E-state index is -4.62. The fourth-order valence-electron chi connectivity index (χ4n) is 2.36. The molecule has 0 aliphatic rings. The van der Waals surface area contributed by atoms with Crippen molar-refractivity contribution < 1.29 is 18.0 Å². The Labute approximate surface area is 182 Å². The van der Waals surface area contributed by atoms with Crippen LogP contribution in [0.3, 0.4) is 0 Å². The predicted molar refractivity (Wildman–Crippen MR) is 112 cm³/mol. The molecule has 0 aliphatic carbocycles. The van der Waals surface area contributed by atoms with Crippen LogP contribution >= 0.6 is 46.5 Å². The van der Waals surface area contributed by atoms with Gasteiger partial charge in [-0.1, -0.05) is 76.8 Å². The molecule has 11 heteroatoms. The molecule has 1 aromatic heterocycles. The normalized spacial score (nSPS) is 12.6. The lowest BCUT2D eigenvalue weighted by molar-refractivity contribution is -0.137. The van der Waals surface area contributed by atoms with Crippen molar-refractivity contribution in [2.75, 3.05) is 11.6 Å². The van der Waals surface area contributed by atoms with Crippen LogP contribution in [-0.4, -0.2) is 22.4 Å². The van der Waals surface area contributed by atoms with Gasteiger partial charge >= 0.3 is 6.18 Å². The number of benzene rings is 2. The highest BCUT2D eigenvalue weighted by Gasteiger charge is 2.34. The van der Waals surface area contributed by atoms with Crippen molar-refractivity contribution in [3.05, 3.63) is 64.7 Å². The van der Waals surface area contributed by atoms with Gasteiger partial charge in [0.1, 0.15) is 5.25 Å². The number of hydrogen-bond donors (Lipinski definition) is 1. The van der Waals surface area contributed by atoms with E-state index in [0.717, 1.165) is 16.5 Å². The minimum absolute atomic E-state index is 0.00956. The zero-order chi connectivity index (χ0) is 21.0. The summed E-state index contributed by atoms with van der Waals surface area (Å²) >= 11 is 9.62. The molecule has 0 fully saturated rings. The van der Waals surface area contributed by atoms with Crippen LogP contribution in [0.15, 0.2) is 57.2 Å². The van der Waals surface area contributed by atoms with Gasteiger partial charge in [-0.2, -0.15) is 13.2 Å². The van der Waals surface area contributed by atoms with Crippen molar-refractivity contribution in [3.63, 3.8) is 0 Å². The van der Waals surface area contributed by atoms with Crippen LogP contribution in [0.2, 0.25) is 5.02 Å². The molecule has 1 heterocycles. The third kappa shape index (κ3) is 5.65. The first-order chi connectivity index (χ1) is 13.8. The van der Waals surface area contributed by atoms with Gasteiger partial charge in [-0.05, 0) is 30.0 Å². The van der Waals surface area contributed by atoms with Crippen LogP contribution in [0.1, 0.15) is 16.4 Å². The fourth-order valence-corrected chi connectivity index (χ4v) is 5.21. The van der Waals surface area contributed by atoms with Gasteiger partial charge in [-0.25, -0.2) is 0 Å². The maximum absolute atomic E-state index is 13.1. The first-order valence-corrected chi connectivity index (χ1v) is 11.3. The van der Waals surface area contributed by atoms with Gasteiger partial charge in [-0.15, -0.1) is 10.2 Å². The number of carbonyl (C=O) groups is 1. The predicted octanol–water partition coefficient (Wildman–Crippen LogP) is 6.40. The fraction of sp³-hybridized carbons (Fsp3) is 0.167. The Balaban J connectivity index is 1.87. The second-order valence-corrected chi connectivity index (χ2v) is 9.42. The second-order valence-electron chi connectivity index (χ2n) is 5.63. The quantitative estimate of drug-likeness (QED) is 0.418. The number of hydrogen-bond acceptors (Lipinski definition) is 6. The lowest BCUT2D eigenvalue weighted by atomic mass is 10.1. The first kappa shape index (κ1) is 21.9. The zero-order valence-corrected chi connectivity index (χ0v) is 17.9. The molecule has 0 radical (unpaired) electrons. The molecule has 1 atom stereocenters. The molecular formula is C18H13ClF3N3OS3. The Hall–Kier alpha value is -1.75. The van der Waals surface area contributed by atoms with Crippen molar-refractivity contribution in [1.82, 2.24) is 10.2 Å². The molecule has 0 unspecified atom stereocenters. The van der Waals surface area contributed by atoms with Crippen LogP contribution in [0.25, 0.3) is 0 Å². The number of rotatable bonds is 6. The van der Waals surface area contributed by atoms with Gasteiger partial charge in [-0.3, -0.25) is 4.79 Å². The number of aromatic nitrogens is 2. The van der Waals surface area contributed by atoms with Crippen LogP contribution in [-0.2, 0) is 11.0 Å². The van der Waals surface area contributed by atoms with Gasteiger partial charge in [0.2, 0.25) is 5.91 Å². The monoisotopic (exact) mass is 475 g/mol. The third-order valence-corrected chi connectivity index (χ3v) is 7.23. The molecule has 29 heavy (non-hydrogen) atoms. The van der Waals surface area contributed by atoms with E-state index in [-0.39, 0.29) is 5.69 Å². The van der Waals surface area contributed by atoms with Gasteiger partial charge in [0, 0.05) is 5.69 Å². The standard InChI is InChI=1S/C18H13ClF3N3OS3/c1-27-16-24-25-17(29-16)28-14(10-5-3-2-4-6-10)15(26)23-11-7-8-13(19)12(9-11)18(20,21)22/h2-9,14H,1H3,(H,23,26)/t14-/m1/s1. The summed E-state index contributed by atoms with van der Waals surface area (Å²) in [6.07, 6.45) is -2.75. The van der Waals surface area contributed by atoms with Crippen LogP contribution in [0.5, 0.6) is 0 Å². The number of anilines is 1. The molecule has 1 amide bonds. The Morgan fingerprint density at radius 3 is 2.45 bits per heavy atom.